The predicted molar refractivity (Wildman–Crippen MR) is 411 cm³/mol. The first kappa shape index (κ1) is 71.0. The number of carbonyl (C=O) groups is 4. The van der Waals surface area contributed by atoms with E-state index in [-0.39, 0.29) is 11.6 Å². The first-order chi connectivity index (χ1) is 49.8. The molecule has 0 bridgehead atoms. The molecule has 12 aromatic rings. The summed E-state index contributed by atoms with van der Waals surface area (Å²) in [4.78, 5) is 65.9. The van der Waals surface area contributed by atoms with Gasteiger partial charge in [0.05, 0.1) is 37.6 Å². The van der Waals surface area contributed by atoms with Crippen LogP contribution >= 0.6 is 0 Å². The van der Waals surface area contributed by atoms with Crippen molar-refractivity contribution in [2.24, 2.45) is 22.1 Å². The number of benzene rings is 10. The van der Waals surface area contributed by atoms with Crippen molar-refractivity contribution in [1.29, 1.82) is 0 Å². The molecule has 0 aliphatic rings. The maximum atomic E-state index is 14.9. The molecule has 0 aliphatic carbocycles. The van der Waals surface area contributed by atoms with Crippen LogP contribution < -0.4 is 18.9 Å². The summed E-state index contributed by atoms with van der Waals surface area (Å²) in [6.07, 6.45) is 9.72. The van der Waals surface area contributed by atoms with E-state index >= 15 is 0 Å². The smallest absolute Gasteiger partial charge is 0.332 e. The average Bonchev–Trinajstić information content (AvgIpc) is 1.57. The molecule has 10 aromatic carbocycles. The first-order valence-corrected chi connectivity index (χ1v) is 36.3. The lowest BCUT2D eigenvalue weighted by molar-refractivity contribution is -0.141. The Labute approximate surface area is 596 Å². The molecule has 0 fully saturated rings. The lowest BCUT2D eigenvalue weighted by atomic mass is 9.95. The van der Waals surface area contributed by atoms with Crippen LogP contribution in [0.25, 0.3) is 65.2 Å². The summed E-state index contributed by atoms with van der Waals surface area (Å²) in [7, 11) is 0. The molecule has 14 heteroatoms. The van der Waals surface area contributed by atoms with Crippen LogP contribution in [-0.2, 0) is 32.4 Å². The predicted octanol–water partition coefficient (Wildman–Crippen LogP) is 20.8. The van der Waals surface area contributed by atoms with Crippen LogP contribution in [0, 0.1) is 11.8 Å². The summed E-state index contributed by atoms with van der Waals surface area (Å²) in [5.41, 5.74) is 9.81. The number of para-hydroxylation sites is 2. The van der Waals surface area contributed by atoms with Gasteiger partial charge < -0.3 is 37.8 Å². The van der Waals surface area contributed by atoms with E-state index in [9.17, 15) is 19.2 Å². The Balaban J connectivity index is 0.768. The van der Waals surface area contributed by atoms with Gasteiger partial charge in [-0.3, -0.25) is 9.59 Å². The standard InChI is InChI=1S/C88H90N4O10/c1-9-14-28-60(11-3)56-92-77-44-38-64(52-72(77)74-54-66(40-46-78(74)92)88(96)84-68-32-20-18-30-62(68)42-48-82(84)98-13-5)86(90-102-59(8)94)70-34-22-24-36-80(70)100-50-26-16-15-25-49-99-79-35-23-21-33-69(79)85(89-101-58(7)93)63-37-43-75-71(51-63)73-53-65(39-45-76(73)91(75)55-57(6)27-10-2)87(95)83-67-31-19-17-29-61(67)41-47-81(83)97-12-4/h17-24,29-48,51-54,57,60H,9-16,25-28,49-50,55-56H2,1-8H3/b89-85-,90-86-. The molecule has 522 valence electrons. The van der Waals surface area contributed by atoms with Gasteiger partial charge in [0.15, 0.2) is 11.6 Å². The number of oxime groups is 2. The Kier molecular flexibility index (Phi) is 23.0. The Hall–Kier alpha value is -10.9. The zero-order valence-electron chi connectivity index (χ0n) is 59.8. The van der Waals surface area contributed by atoms with Crippen molar-refractivity contribution in [2.45, 2.75) is 133 Å². The van der Waals surface area contributed by atoms with Gasteiger partial charge in [0.2, 0.25) is 0 Å². The summed E-state index contributed by atoms with van der Waals surface area (Å²) < 4.78 is 30.1. The van der Waals surface area contributed by atoms with E-state index in [1.807, 2.05) is 172 Å². The van der Waals surface area contributed by atoms with E-state index in [1.54, 1.807) is 0 Å². The van der Waals surface area contributed by atoms with E-state index in [1.165, 1.54) is 13.8 Å². The monoisotopic (exact) mass is 1360 g/mol. The molecule has 2 aromatic heterocycles. The third-order valence-electron chi connectivity index (χ3n) is 19.3. The third kappa shape index (κ3) is 15.5. The molecule has 0 amide bonds. The summed E-state index contributed by atoms with van der Waals surface area (Å²) in [5, 5.41) is 16.3. The molecule has 0 N–H and O–H groups in total. The highest BCUT2D eigenvalue weighted by atomic mass is 16.7. The highest BCUT2D eigenvalue weighted by molar-refractivity contribution is 6.24. The highest BCUT2D eigenvalue weighted by Crippen LogP contribution is 2.40. The van der Waals surface area contributed by atoms with Gasteiger partial charge in [0, 0.05) is 104 Å². The zero-order chi connectivity index (χ0) is 71.2. The zero-order valence-corrected chi connectivity index (χ0v) is 59.8. The molecule has 14 nitrogen and oxygen atoms in total. The molecule has 0 saturated carbocycles. The highest BCUT2D eigenvalue weighted by Gasteiger charge is 2.26. The number of unbranched alkanes of at least 4 members (excludes halogenated alkanes) is 4. The van der Waals surface area contributed by atoms with E-state index in [4.69, 9.17) is 28.6 Å². The molecule has 2 heterocycles. The minimum atomic E-state index is -0.559. The maximum absolute atomic E-state index is 14.9. The van der Waals surface area contributed by atoms with Gasteiger partial charge in [-0.05, 0) is 183 Å². The van der Waals surface area contributed by atoms with E-state index < -0.39 is 11.9 Å². The number of nitrogens with zero attached hydrogens (tertiary/aromatic N) is 4. The fourth-order valence-electron chi connectivity index (χ4n) is 14.3. The quantitative estimate of drug-likeness (QED) is 0.0127. The van der Waals surface area contributed by atoms with Crippen LogP contribution in [0.15, 0.2) is 204 Å². The first-order valence-electron chi connectivity index (χ1n) is 36.3. The van der Waals surface area contributed by atoms with Gasteiger partial charge in [-0.1, -0.05) is 161 Å². The second-order valence-corrected chi connectivity index (χ2v) is 26.5. The fraction of sp³-hybridized carbons (Fsp3) is 0.295. The van der Waals surface area contributed by atoms with Crippen LogP contribution in [0.5, 0.6) is 23.0 Å². The van der Waals surface area contributed by atoms with Gasteiger partial charge in [-0.15, -0.1) is 0 Å². The second-order valence-electron chi connectivity index (χ2n) is 26.5. The van der Waals surface area contributed by atoms with Gasteiger partial charge in [-0.25, -0.2) is 9.59 Å². The molecule has 2 atom stereocenters. The van der Waals surface area contributed by atoms with Gasteiger partial charge in [-0.2, -0.15) is 0 Å². The molecular formula is C88H90N4O10. The van der Waals surface area contributed by atoms with E-state index in [0.717, 1.165) is 142 Å². The maximum Gasteiger partial charge on any atom is 0.332 e. The molecule has 0 spiro atoms. The lowest BCUT2D eigenvalue weighted by Gasteiger charge is -2.18. The van der Waals surface area contributed by atoms with Crippen LogP contribution in [0.3, 0.4) is 0 Å². The molecular weight excluding hydrogens is 1270 g/mol. The fourth-order valence-corrected chi connectivity index (χ4v) is 14.3. The summed E-state index contributed by atoms with van der Waals surface area (Å²) in [6, 6.07) is 63.3. The molecule has 2 unspecified atom stereocenters. The van der Waals surface area contributed by atoms with Crippen LogP contribution in [0.1, 0.15) is 174 Å². The van der Waals surface area contributed by atoms with Crippen molar-refractivity contribution >= 4 is 100 Å². The van der Waals surface area contributed by atoms with Gasteiger partial charge in [0.1, 0.15) is 34.4 Å². The van der Waals surface area contributed by atoms with E-state index in [2.05, 4.69) is 83.5 Å². The lowest BCUT2D eigenvalue weighted by Crippen LogP contribution is -2.11. The van der Waals surface area contributed by atoms with Gasteiger partial charge >= 0.3 is 11.9 Å². The molecule has 12 rings (SSSR count). The number of hydrogen-bond donors (Lipinski definition) is 0. The summed E-state index contributed by atoms with van der Waals surface area (Å²) >= 11 is 0. The molecule has 102 heavy (non-hydrogen) atoms. The van der Waals surface area contributed by atoms with Crippen molar-refractivity contribution in [3.05, 3.63) is 239 Å². The minimum absolute atomic E-state index is 0.123. The number of hydrogen-bond acceptors (Lipinski definition) is 12. The molecule has 0 aliphatic heterocycles. The SMILES string of the molecule is CCCCC(CC)Cn1c2ccc(C(=O)c3c(OCC)ccc4ccccc34)cc2c2cc(/C(=N/OC(C)=O)c3ccccc3OCCCCCCOc3ccccc3/C(=N\OC(C)=O)c3ccc4c(c3)c3cc(C(=O)c5c(OCC)ccc6ccccc56)ccc3n4CC(C)CCC)ccc21. The average molecular weight is 1360 g/mol. The van der Waals surface area contributed by atoms with Crippen molar-refractivity contribution in [2.75, 3.05) is 26.4 Å². The topological polar surface area (TPSA) is 158 Å². The van der Waals surface area contributed by atoms with E-state index in [0.29, 0.717) is 117 Å². The summed E-state index contributed by atoms with van der Waals surface area (Å²) in [5.74, 6) is 1.74. The number of ketones is 2. The molecule has 0 radical (unpaired) electrons. The number of carbonyl (C=O) groups excluding carboxylic acids is 4. The molecule has 0 saturated heterocycles. The van der Waals surface area contributed by atoms with Crippen LogP contribution in [0.2, 0.25) is 0 Å². The number of rotatable bonds is 33. The number of ether oxygens (including phenoxy) is 4. The van der Waals surface area contributed by atoms with Crippen LogP contribution in [-0.4, -0.2) is 70.5 Å². The largest absolute Gasteiger partial charge is 0.493 e. The minimum Gasteiger partial charge on any atom is -0.493 e. The Morgan fingerprint density at radius 3 is 1.23 bits per heavy atom. The Morgan fingerprint density at radius 2 is 0.804 bits per heavy atom. The van der Waals surface area contributed by atoms with Crippen molar-refractivity contribution < 1.29 is 47.8 Å². The number of fused-ring (bicyclic) bond motifs is 8. The number of aromatic nitrogens is 2. The summed E-state index contributed by atoms with van der Waals surface area (Å²) in [6.45, 7) is 18.7. The third-order valence-corrected chi connectivity index (χ3v) is 19.3. The van der Waals surface area contributed by atoms with Gasteiger partial charge in [0.25, 0.3) is 0 Å². The van der Waals surface area contributed by atoms with Crippen molar-refractivity contribution in [3.8, 4) is 23.0 Å². The van der Waals surface area contributed by atoms with Crippen molar-refractivity contribution in [3.63, 3.8) is 0 Å². The Bertz CT molecular complexity index is 5130. The van der Waals surface area contributed by atoms with Crippen LogP contribution in [0.4, 0.5) is 0 Å². The Morgan fingerprint density at radius 1 is 0.392 bits per heavy atom. The normalized spacial score (nSPS) is 12.5. The van der Waals surface area contributed by atoms with Crippen molar-refractivity contribution in [1.82, 2.24) is 9.13 Å². The second kappa shape index (κ2) is 33.1.